The van der Waals surface area contributed by atoms with Crippen molar-refractivity contribution in [2.24, 2.45) is 0 Å². The molecule has 0 aliphatic rings. The lowest BCUT2D eigenvalue weighted by Crippen LogP contribution is -1.92. The van der Waals surface area contributed by atoms with E-state index >= 15 is 0 Å². The molecule has 0 unspecified atom stereocenters. The maximum atomic E-state index is 13.7. The number of aromatic nitrogens is 3. The van der Waals surface area contributed by atoms with Crippen LogP contribution in [0.5, 0.6) is 11.6 Å². The molecule has 5 nitrogen and oxygen atoms in total. The molecule has 0 atom stereocenters. The van der Waals surface area contributed by atoms with Gasteiger partial charge in [-0.15, -0.1) is 0 Å². The molecule has 7 heteroatoms. The number of halogens is 2. The van der Waals surface area contributed by atoms with Crippen LogP contribution >= 0.6 is 0 Å². The Kier molecular flexibility index (Phi) is 3.35. The molecule has 0 bridgehead atoms. The van der Waals surface area contributed by atoms with Crippen LogP contribution in [0.25, 0.3) is 28.2 Å². The molecule has 0 radical (unpaired) electrons. The van der Waals surface area contributed by atoms with Crippen molar-refractivity contribution in [1.29, 1.82) is 0 Å². The lowest BCUT2D eigenvalue weighted by molar-refractivity contribution is 0.429. The average molecular weight is 339 g/mol. The summed E-state index contributed by atoms with van der Waals surface area (Å²) in [5, 5.41) is 20.0. The second-order valence-electron chi connectivity index (χ2n) is 5.40. The number of fused-ring (bicyclic) bond motifs is 1. The Morgan fingerprint density at radius 2 is 1.80 bits per heavy atom. The standard InChI is InChI=1S/C18H11F2N3O2/c19-10-8-12(16(24)13(20)9-10)17-22-15(11-4-3-6-21-18(11)25)14-5-1-2-7-23(14)17/h1-9,24H,(H,21,25). The normalized spacial score (nSPS) is 11.1. The van der Waals surface area contributed by atoms with Gasteiger partial charge in [-0.3, -0.25) is 4.40 Å². The Labute approximate surface area is 140 Å². The molecule has 0 aliphatic carbocycles. The summed E-state index contributed by atoms with van der Waals surface area (Å²) in [6.45, 7) is 0. The van der Waals surface area contributed by atoms with E-state index in [0.717, 1.165) is 6.07 Å². The second kappa shape index (κ2) is 5.55. The summed E-state index contributed by atoms with van der Waals surface area (Å²) in [5.41, 5.74) is 1.25. The molecule has 0 amide bonds. The van der Waals surface area contributed by atoms with E-state index in [-0.39, 0.29) is 17.3 Å². The molecular weight excluding hydrogens is 328 g/mol. The molecule has 3 heterocycles. The van der Waals surface area contributed by atoms with Gasteiger partial charge in [0.25, 0.3) is 0 Å². The fourth-order valence-corrected chi connectivity index (χ4v) is 2.74. The molecule has 25 heavy (non-hydrogen) atoms. The van der Waals surface area contributed by atoms with Crippen LogP contribution < -0.4 is 0 Å². The van der Waals surface area contributed by atoms with Gasteiger partial charge >= 0.3 is 0 Å². The summed E-state index contributed by atoms with van der Waals surface area (Å²) < 4.78 is 29.0. The maximum Gasteiger partial charge on any atom is 0.220 e. The van der Waals surface area contributed by atoms with Gasteiger partial charge in [-0.25, -0.2) is 18.7 Å². The highest BCUT2D eigenvalue weighted by Gasteiger charge is 2.21. The number of phenols is 1. The van der Waals surface area contributed by atoms with Crippen molar-refractivity contribution in [3.63, 3.8) is 0 Å². The Morgan fingerprint density at radius 3 is 2.60 bits per heavy atom. The number of imidazole rings is 1. The van der Waals surface area contributed by atoms with Crippen molar-refractivity contribution in [3.05, 3.63) is 66.5 Å². The Bertz CT molecular complexity index is 1110. The molecule has 124 valence electrons. The van der Waals surface area contributed by atoms with Crippen molar-refractivity contribution < 1.29 is 19.0 Å². The number of hydrogen-bond donors (Lipinski definition) is 2. The Hall–Kier alpha value is -3.48. The number of pyridine rings is 2. The topological polar surface area (TPSA) is 70.7 Å². The highest BCUT2D eigenvalue weighted by molar-refractivity contribution is 5.84. The first kappa shape index (κ1) is 15.1. The van der Waals surface area contributed by atoms with Crippen LogP contribution in [0.3, 0.4) is 0 Å². The largest absolute Gasteiger partial charge is 0.504 e. The molecule has 0 aliphatic heterocycles. The highest BCUT2D eigenvalue weighted by Crippen LogP contribution is 2.37. The fourth-order valence-electron chi connectivity index (χ4n) is 2.74. The van der Waals surface area contributed by atoms with Gasteiger partial charge in [-0.2, -0.15) is 0 Å². The summed E-state index contributed by atoms with van der Waals surface area (Å²) in [4.78, 5) is 8.23. The van der Waals surface area contributed by atoms with Crippen LogP contribution in [-0.4, -0.2) is 24.6 Å². The van der Waals surface area contributed by atoms with Crippen molar-refractivity contribution in [2.75, 3.05) is 0 Å². The lowest BCUT2D eigenvalue weighted by atomic mass is 10.1. The summed E-state index contributed by atoms with van der Waals surface area (Å²) in [7, 11) is 0. The summed E-state index contributed by atoms with van der Waals surface area (Å²) in [6.07, 6.45) is 3.09. The van der Waals surface area contributed by atoms with Crippen LogP contribution in [0, 0.1) is 11.6 Å². The minimum atomic E-state index is -1.08. The van der Waals surface area contributed by atoms with E-state index in [1.165, 1.54) is 6.20 Å². The zero-order chi connectivity index (χ0) is 17.6. The number of benzene rings is 1. The van der Waals surface area contributed by atoms with Gasteiger partial charge in [-0.05, 0) is 30.3 Å². The molecule has 0 fully saturated rings. The van der Waals surface area contributed by atoms with Gasteiger partial charge < -0.3 is 10.2 Å². The molecule has 3 aromatic heterocycles. The van der Waals surface area contributed by atoms with Gasteiger partial charge in [0.05, 0.1) is 16.6 Å². The van der Waals surface area contributed by atoms with E-state index in [2.05, 4.69) is 9.97 Å². The molecule has 4 rings (SSSR count). The third-order valence-electron chi connectivity index (χ3n) is 3.86. The average Bonchev–Trinajstić information content (AvgIpc) is 2.98. The van der Waals surface area contributed by atoms with E-state index in [4.69, 9.17) is 0 Å². The minimum absolute atomic E-state index is 0.0895. The third kappa shape index (κ3) is 2.37. The van der Waals surface area contributed by atoms with Crippen LogP contribution in [-0.2, 0) is 0 Å². The SMILES string of the molecule is Oc1ncccc1-c1nc(-c2cc(F)cc(F)c2O)n2ccccc12. The van der Waals surface area contributed by atoms with E-state index in [9.17, 15) is 19.0 Å². The van der Waals surface area contributed by atoms with Crippen molar-refractivity contribution in [2.45, 2.75) is 0 Å². The monoisotopic (exact) mass is 339 g/mol. The second-order valence-corrected chi connectivity index (χ2v) is 5.40. The number of aromatic hydroxyl groups is 2. The highest BCUT2D eigenvalue weighted by atomic mass is 19.1. The first-order chi connectivity index (χ1) is 12.1. The Balaban J connectivity index is 2.07. The predicted octanol–water partition coefficient (Wildman–Crippen LogP) is 3.75. The lowest BCUT2D eigenvalue weighted by Gasteiger charge is -2.05. The Morgan fingerprint density at radius 1 is 0.960 bits per heavy atom. The van der Waals surface area contributed by atoms with Gasteiger partial charge in [-0.1, -0.05) is 6.07 Å². The van der Waals surface area contributed by atoms with E-state index in [1.807, 2.05) is 0 Å². The van der Waals surface area contributed by atoms with Crippen molar-refractivity contribution in [3.8, 4) is 34.3 Å². The summed E-state index contributed by atoms with van der Waals surface area (Å²) in [5.74, 6) is -2.67. The van der Waals surface area contributed by atoms with E-state index in [1.54, 1.807) is 40.9 Å². The number of rotatable bonds is 2. The van der Waals surface area contributed by atoms with Crippen LogP contribution in [0.15, 0.2) is 54.9 Å². The van der Waals surface area contributed by atoms with Crippen LogP contribution in [0.1, 0.15) is 0 Å². The van der Waals surface area contributed by atoms with Crippen molar-refractivity contribution >= 4 is 5.52 Å². The predicted molar refractivity (Wildman–Crippen MR) is 87.1 cm³/mol. The summed E-state index contributed by atoms with van der Waals surface area (Å²) in [6, 6.07) is 10.1. The van der Waals surface area contributed by atoms with E-state index in [0.29, 0.717) is 22.8 Å². The molecule has 0 spiro atoms. The molecule has 0 saturated heterocycles. The smallest absolute Gasteiger partial charge is 0.220 e. The van der Waals surface area contributed by atoms with Gasteiger partial charge in [0.2, 0.25) is 5.88 Å². The first-order valence-corrected chi connectivity index (χ1v) is 7.36. The first-order valence-electron chi connectivity index (χ1n) is 7.36. The quantitative estimate of drug-likeness (QED) is 0.583. The third-order valence-corrected chi connectivity index (χ3v) is 3.86. The summed E-state index contributed by atoms with van der Waals surface area (Å²) >= 11 is 0. The minimum Gasteiger partial charge on any atom is -0.504 e. The van der Waals surface area contributed by atoms with Crippen LogP contribution in [0.4, 0.5) is 8.78 Å². The molecule has 1 aromatic carbocycles. The molecular formula is C18H11F2N3O2. The number of nitrogens with zero attached hydrogens (tertiary/aromatic N) is 3. The van der Waals surface area contributed by atoms with Crippen LogP contribution in [0.2, 0.25) is 0 Å². The van der Waals surface area contributed by atoms with Gasteiger partial charge in [0.15, 0.2) is 11.6 Å². The fraction of sp³-hybridized carbons (Fsp3) is 0. The zero-order valence-electron chi connectivity index (χ0n) is 12.7. The zero-order valence-corrected chi connectivity index (χ0v) is 12.7. The maximum absolute atomic E-state index is 13.7. The molecule has 2 N–H and O–H groups in total. The number of phenolic OH excluding ortho intramolecular Hbond substituents is 1. The van der Waals surface area contributed by atoms with Gasteiger partial charge in [0.1, 0.15) is 17.3 Å². The van der Waals surface area contributed by atoms with E-state index < -0.39 is 17.4 Å². The number of hydrogen-bond acceptors (Lipinski definition) is 4. The van der Waals surface area contributed by atoms with Crippen molar-refractivity contribution in [1.82, 2.24) is 14.4 Å². The van der Waals surface area contributed by atoms with Gasteiger partial charge in [0, 0.05) is 18.5 Å². The molecule has 4 aromatic rings. The molecule has 0 saturated carbocycles.